The van der Waals surface area contributed by atoms with Crippen LogP contribution in [-0.2, 0) is 0 Å². The summed E-state index contributed by atoms with van der Waals surface area (Å²) in [6.45, 7) is 4.82. The van der Waals surface area contributed by atoms with Gasteiger partial charge < -0.3 is 9.64 Å². The number of halogens is 4. The first-order chi connectivity index (χ1) is 11.9. The van der Waals surface area contributed by atoms with Gasteiger partial charge in [0.25, 0.3) is 0 Å². The number of benzene rings is 1. The van der Waals surface area contributed by atoms with E-state index in [2.05, 4.69) is 4.98 Å². The van der Waals surface area contributed by atoms with Gasteiger partial charge in [0, 0.05) is 18.1 Å². The summed E-state index contributed by atoms with van der Waals surface area (Å²) in [5.41, 5.74) is 1.41. The lowest BCUT2D eigenvalue weighted by molar-refractivity contribution is 0.423. The molecular formula is C18H18Cl2F2N2O. The highest BCUT2D eigenvalue weighted by Crippen LogP contribution is 2.40. The fourth-order valence-electron chi connectivity index (χ4n) is 3.05. The Bertz CT molecular complexity index is 785. The first kappa shape index (κ1) is 18.2. The van der Waals surface area contributed by atoms with Gasteiger partial charge in [-0.25, -0.2) is 0 Å². The highest BCUT2D eigenvalue weighted by molar-refractivity contribution is 6.32. The van der Waals surface area contributed by atoms with Crippen LogP contribution in [0.5, 0.6) is 11.5 Å². The molecule has 3 nitrogen and oxygen atoms in total. The number of ether oxygens (including phenoxy) is 1. The number of aryl methyl sites for hydroxylation is 2. The SMILES string of the molecule is Cc1cc(Cl)cc(C)c1Oc1c(F)c(N2CCCCC2)nc(F)c1Cl. The molecule has 1 fully saturated rings. The van der Waals surface area contributed by atoms with Crippen molar-refractivity contribution >= 4 is 29.0 Å². The number of nitrogens with zero attached hydrogens (tertiary/aromatic N) is 2. The molecule has 0 bridgehead atoms. The Morgan fingerprint density at radius 1 is 1.00 bits per heavy atom. The molecule has 1 aromatic heterocycles. The van der Waals surface area contributed by atoms with Crippen LogP contribution in [0, 0.1) is 25.6 Å². The first-order valence-electron chi connectivity index (χ1n) is 8.12. The van der Waals surface area contributed by atoms with Gasteiger partial charge in [0.05, 0.1) is 0 Å². The number of rotatable bonds is 3. The Morgan fingerprint density at radius 2 is 1.60 bits per heavy atom. The number of piperidine rings is 1. The number of hydrogen-bond donors (Lipinski definition) is 0. The summed E-state index contributed by atoms with van der Waals surface area (Å²) >= 11 is 12.0. The second kappa shape index (κ2) is 7.34. The fourth-order valence-corrected chi connectivity index (χ4v) is 3.54. The summed E-state index contributed by atoms with van der Waals surface area (Å²) in [5, 5.41) is 0.0795. The largest absolute Gasteiger partial charge is 0.452 e. The molecule has 0 N–H and O–H groups in total. The molecule has 0 radical (unpaired) electrons. The van der Waals surface area contributed by atoms with Gasteiger partial charge in [0.1, 0.15) is 10.8 Å². The second-order valence-electron chi connectivity index (χ2n) is 6.20. The van der Waals surface area contributed by atoms with Gasteiger partial charge in [-0.05, 0) is 56.4 Å². The molecule has 1 aromatic carbocycles. The molecule has 0 saturated carbocycles. The standard InChI is InChI=1S/C18H18Cl2F2N2O/c1-10-8-12(19)9-11(2)15(10)25-16-13(20)17(22)23-18(14(16)21)24-6-4-3-5-7-24/h8-9H,3-7H2,1-2H3. The predicted molar refractivity (Wildman–Crippen MR) is 96.2 cm³/mol. The van der Waals surface area contributed by atoms with Gasteiger partial charge in [0.15, 0.2) is 11.6 Å². The third kappa shape index (κ3) is 3.67. The molecule has 0 atom stereocenters. The molecule has 0 aliphatic carbocycles. The fraction of sp³-hybridized carbons (Fsp3) is 0.389. The zero-order chi connectivity index (χ0) is 18.1. The summed E-state index contributed by atoms with van der Waals surface area (Å²) in [5.74, 6) is -1.69. The Hall–Kier alpha value is -1.59. The third-order valence-electron chi connectivity index (χ3n) is 4.27. The molecule has 2 heterocycles. The van der Waals surface area contributed by atoms with E-state index in [9.17, 15) is 4.39 Å². The molecule has 0 amide bonds. The van der Waals surface area contributed by atoms with Gasteiger partial charge >= 0.3 is 0 Å². The van der Waals surface area contributed by atoms with Crippen molar-refractivity contribution in [3.63, 3.8) is 0 Å². The van der Waals surface area contributed by atoms with Crippen molar-refractivity contribution in [3.8, 4) is 11.5 Å². The van der Waals surface area contributed by atoms with Crippen molar-refractivity contribution in [1.29, 1.82) is 0 Å². The molecule has 25 heavy (non-hydrogen) atoms. The van der Waals surface area contributed by atoms with Crippen LogP contribution in [0.25, 0.3) is 0 Å². The van der Waals surface area contributed by atoms with E-state index in [1.54, 1.807) is 30.9 Å². The van der Waals surface area contributed by atoms with Crippen LogP contribution in [-0.4, -0.2) is 18.1 Å². The summed E-state index contributed by atoms with van der Waals surface area (Å²) in [6, 6.07) is 3.39. The monoisotopic (exact) mass is 386 g/mol. The Kier molecular flexibility index (Phi) is 5.35. The molecule has 0 unspecified atom stereocenters. The summed E-state index contributed by atoms with van der Waals surface area (Å²) in [6.07, 6.45) is 2.90. The zero-order valence-electron chi connectivity index (χ0n) is 14.0. The molecule has 3 rings (SSSR count). The van der Waals surface area contributed by atoms with Gasteiger partial charge in [-0.15, -0.1) is 0 Å². The maximum Gasteiger partial charge on any atom is 0.237 e. The molecule has 0 spiro atoms. The topological polar surface area (TPSA) is 25.4 Å². The molecule has 1 aliphatic heterocycles. The Labute approximate surface area is 155 Å². The zero-order valence-corrected chi connectivity index (χ0v) is 15.5. The first-order valence-corrected chi connectivity index (χ1v) is 8.88. The van der Waals surface area contributed by atoms with E-state index < -0.39 is 16.8 Å². The van der Waals surface area contributed by atoms with E-state index in [-0.39, 0.29) is 11.6 Å². The van der Waals surface area contributed by atoms with E-state index in [0.717, 1.165) is 19.3 Å². The van der Waals surface area contributed by atoms with Crippen LogP contribution in [0.15, 0.2) is 12.1 Å². The van der Waals surface area contributed by atoms with Gasteiger partial charge in [0.2, 0.25) is 11.8 Å². The molecular weight excluding hydrogens is 369 g/mol. The second-order valence-corrected chi connectivity index (χ2v) is 7.02. The van der Waals surface area contributed by atoms with Crippen molar-refractivity contribution in [2.45, 2.75) is 33.1 Å². The number of anilines is 1. The summed E-state index contributed by atoms with van der Waals surface area (Å²) in [7, 11) is 0. The van der Waals surface area contributed by atoms with Gasteiger partial charge in [-0.2, -0.15) is 13.8 Å². The molecule has 134 valence electrons. The van der Waals surface area contributed by atoms with Gasteiger partial charge in [-0.3, -0.25) is 0 Å². The molecule has 1 saturated heterocycles. The Morgan fingerprint density at radius 3 is 2.20 bits per heavy atom. The molecule has 2 aromatic rings. The number of aromatic nitrogens is 1. The summed E-state index contributed by atoms with van der Waals surface area (Å²) < 4.78 is 34.9. The molecule has 1 aliphatic rings. The molecule has 7 heteroatoms. The highest BCUT2D eigenvalue weighted by atomic mass is 35.5. The maximum absolute atomic E-state index is 15.0. The average molecular weight is 387 g/mol. The van der Waals surface area contributed by atoms with Crippen LogP contribution in [0.1, 0.15) is 30.4 Å². The normalized spacial score (nSPS) is 14.7. The van der Waals surface area contributed by atoms with E-state index in [1.807, 2.05) is 0 Å². The van der Waals surface area contributed by atoms with Crippen molar-refractivity contribution in [2.75, 3.05) is 18.0 Å². The number of pyridine rings is 1. The van der Waals surface area contributed by atoms with Crippen molar-refractivity contribution in [3.05, 3.63) is 45.1 Å². The smallest absolute Gasteiger partial charge is 0.237 e. The predicted octanol–water partition coefficient (Wildman–Crippen LogP) is 6.07. The lowest BCUT2D eigenvalue weighted by atomic mass is 10.1. The van der Waals surface area contributed by atoms with E-state index >= 15 is 4.39 Å². The van der Waals surface area contributed by atoms with E-state index in [0.29, 0.717) is 35.0 Å². The van der Waals surface area contributed by atoms with Crippen molar-refractivity contribution in [2.24, 2.45) is 0 Å². The van der Waals surface area contributed by atoms with E-state index in [4.69, 9.17) is 27.9 Å². The quantitative estimate of drug-likeness (QED) is 0.598. The van der Waals surface area contributed by atoms with Crippen LogP contribution >= 0.6 is 23.2 Å². The Balaban J connectivity index is 2.05. The lowest BCUT2D eigenvalue weighted by Gasteiger charge is -2.28. The van der Waals surface area contributed by atoms with Crippen LogP contribution in [0.2, 0.25) is 10.0 Å². The van der Waals surface area contributed by atoms with Gasteiger partial charge in [-0.1, -0.05) is 23.2 Å². The lowest BCUT2D eigenvalue weighted by Crippen LogP contribution is -2.31. The van der Waals surface area contributed by atoms with Crippen molar-refractivity contribution < 1.29 is 13.5 Å². The summed E-state index contributed by atoms with van der Waals surface area (Å²) in [4.78, 5) is 5.44. The number of hydrogen-bond acceptors (Lipinski definition) is 3. The van der Waals surface area contributed by atoms with Crippen LogP contribution in [0.3, 0.4) is 0 Å². The average Bonchev–Trinajstić information content (AvgIpc) is 2.57. The van der Waals surface area contributed by atoms with Crippen LogP contribution < -0.4 is 9.64 Å². The van der Waals surface area contributed by atoms with Crippen molar-refractivity contribution in [1.82, 2.24) is 4.98 Å². The maximum atomic E-state index is 15.0. The minimum absolute atomic E-state index is 0.0548. The van der Waals surface area contributed by atoms with Crippen LogP contribution in [0.4, 0.5) is 14.6 Å². The highest BCUT2D eigenvalue weighted by Gasteiger charge is 2.26. The van der Waals surface area contributed by atoms with E-state index in [1.165, 1.54) is 0 Å². The minimum Gasteiger partial charge on any atom is -0.452 e. The minimum atomic E-state index is -0.942. The third-order valence-corrected chi connectivity index (χ3v) is 4.81.